The second-order valence-corrected chi connectivity index (χ2v) is 6.13. The Morgan fingerprint density at radius 2 is 2.20 bits per heavy atom. The molecule has 0 aromatic heterocycles. The first-order chi connectivity index (χ1) is 12.0. The minimum atomic E-state index is -0.460. The van der Waals surface area contributed by atoms with Crippen molar-refractivity contribution in [3.63, 3.8) is 0 Å². The predicted molar refractivity (Wildman–Crippen MR) is 94.4 cm³/mol. The minimum Gasteiger partial charge on any atom is -0.496 e. The molecular weight excluding hydrogens is 322 g/mol. The number of nitrogens with one attached hydrogen (secondary N) is 2. The Balaban J connectivity index is 2.02. The molecule has 0 bridgehead atoms. The fraction of sp³-hybridized carbons (Fsp3) is 0.556. The SMILES string of the molecule is COCCNC(=O)CC1C(=O)NCCN1Cc1ccc(OC)c(C)c1. The van der Waals surface area contributed by atoms with Crippen LogP contribution in [0.2, 0.25) is 0 Å². The Bertz CT molecular complexity index is 606. The summed E-state index contributed by atoms with van der Waals surface area (Å²) in [7, 11) is 3.23. The highest BCUT2D eigenvalue weighted by atomic mass is 16.5. The van der Waals surface area contributed by atoms with E-state index in [1.54, 1.807) is 14.2 Å². The average molecular weight is 349 g/mol. The zero-order valence-electron chi connectivity index (χ0n) is 15.1. The summed E-state index contributed by atoms with van der Waals surface area (Å²) in [5.41, 5.74) is 2.15. The third kappa shape index (κ3) is 5.44. The van der Waals surface area contributed by atoms with Crippen molar-refractivity contribution in [1.82, 2.24) is 15.5 Å². The van der Waals surface area contributed by atoms with Gasteiger partial charge in [0.1, 0.15) is 5.75 Å². The van der Waals surface area contributed by atoms with E-state index in [-0.39, 0.29) is 18.2 Å². The Hall–Kier alpha value is -2.12. The van der Waals surface area contributed by atoms with Crippen molar-refractivity contribution >= 4 is 11.8 Å². The first-order valence-electron chi connectivity index (χ1n) is 8.46. The number of methoxy groups -OCH3 is 2. The number of rotatable bonds is 8. The number of nitrogens with zero attached hydrogens (tertiary/aromatic N) is 1. The van der Waals surface area contributed by atoms with Gasteiger partial charge in [0, 0.05) is 33.3 Å². The van der Waals surface area contributed by atoms with Crippen molar-refractivity contribution in [1.29, 1.82) is 0 Å². The second-order valence-electron chi connectivity index (χ2n) is 6.13. The number of amides is 2. The highest BCUT2D eigenvalue weighted by molar-refractivity contribution is 5.88. The molecule has 138 valence electrons. The van der Waals surface area contributed by atoms with Crippen LogP contribution in [-0.4, -0.2) is 63.2 Å². The van der Waals surface area contributed by atoms with Gasteiger partial charge in [0.25, 0.3) is 0 Å². The Morgan fingerprint density at radius 3 is 2.88 bits per heavy atom. The van der Waals surface area contributed by atoms with Gasteiger partial charge in [-0.1, -0.05) is 12.1 Å². The summed E-state index contributed by atoms with van der Waals surface area (Å²) in [6.45, 7) is 4.82. The fourth-order valence-electron chi connectivity index (χ4n) is 2.99. The molecule has 1 fully saturated rings. The average Bonchev–Trinajstić information content (AvgIpc) is 2.58. The van der Waals surface area contributed by atoms with E-state index in [0.717, 1.165) is 16.9 Å². The molecule has 1 aliphatic rings. The Morgan fingerprint density at radius 1 is 1.40 bits per heavy atom. The van der Waals surface area contributed by atoms with Gasteiger partial charge in [0.15, 0.2) is 0 Å². The number of aryl methyl sites for hydroxylation is 1. The predicted octanol–water partition coefficient (Wildman–Crippen LogP) is 0.457. The summed E-state index contributed by atoms with van der Waals surface area (Å²) in [5, 5.41) is 5.62. The van der Waals surface area contributed by atoms with Crippen LogP contribution in [0.1, 0.15) is 17.5 Å². The molecule has 0 aliphatic carbocycles. The van der Waals surface area contributed by atoms with Crippen molar-refractivity contribution in [2.75, 3.05) is 40.5 Å². The quantitative estimate of drug-likeness (QED) is 0.667. The lowest BCUT2D eigenvalue weighted by molar-refractivity contribution is -0.134. The molecule has 1 aromatic carbocycles. The van der Waals surface area contributed by atoms with Crippen molar-refractivity contribution < 1.29 is 19.1 Å². The maximum Gasteiger partial charge on any atom is 0.237 e. The third-order valence-corrected chi connectivity index (χ3v) is 4.29. The summed E-state index contributed by atoms with van der Waals surface area (Å²) < 4.78 is 10.2. The molecule has 2 amide bonds. The van der Waals surface area contributed by atoms with Gasteiger partial charge in [-0.3, -0.25) is 14.5 Å². The molecule has 2 rings (SSSR count). The number of piperazine rings is 1. The summed E-state index contributed by atoms with van der Waals surface area (Å²) in [4.78, 5) is 26.4. The maximum absolute atomic E-state index is 12.3. The smallest absolute Gasteiger partial charge is 0.237 e. The van der Waals surface area contributed by atoms with E-state index in [1.807, 2.05) is 19.1 Å². The summed E-state index contributed by atoms with van der Waals surface area (Å²) in [6, 6.07) is 5.52. The van der Waals surface area contributed by atoms with Crippen LogP contribution < -0.4 is 15.4 Å². The van der Waals surface area contributed by atoms with Crippen molar-refractivity contribution in [3.8, 4) is 5.75 Å². The van der Waals surface area contributed by atoms with Crippen LogP contribution in [0.15, 0.2) is 18.2 Å². The number of ether oxygens (including phenoxy) is 2. The third-order valence-electron chi connectivity index (χ3n) is 4.29. The standard InChI is InChI=1S/C18H27N3O4/c1-13-10-14(4-5-16(13)25-3)12-21-8-6-20-18(23)15(21)11-17(22)19-7-9-24-2/h4-5,10,15H,6-9,11-12H2,1-3H3,(H,19,22)(H,20,23). The molecule has 0 radical (unpaired) electrons. The normalized spacial score (nSPS) is 17.9. The van der Waals surface area contributed by atoms with Crippen LogP contribution in [0.4, 0.5) is 0 Å². The molecule has 1 unspecified atom stereocenters. The molecule has 25 heavy (non-hydrogen) atoms. The number of hydrogen-bond donors (Lipinski definition) is 2. The van der Waals surface area contributed by atoms with Crippen LogP contribution >= 0.6 is 0 Å². The topological polar surface area (TPSA) is 79.9 Å². The van der Waals surface area contributed by atoms with Crippen LogP contribution in [-0.2, 0) is 20.9 Å². The molecule has 7 nitrogen and oxygen atoms in total. The van der Waals surface area contributed by atoms with E-state index in [1.165, 1.54) is 0 Å². The van der Waals surface area contributed by atoms with Gasteiger partial charge in [-0.15, -0.1) is 0 Å². The lowest BCUT2D eigenvalue weighted by Crippen LogP contribution is -2.56. The maximum atomic E-state index is 12.3. The molecule has 1 atom stereocenters. The van der Waals surface area contributed by atoms with E-state index >= 15 is 0 Å². The number of carbonyl (C=O) groups excluding carboxylic acids is 2. The fourth-order valence-corrected chi connectivity index (χ4v) is 2.99. The first kappa shape index (κ1) is 19.2. The second kappa shape index (κ2) is 9.39. The molecule has 0 spiro atoms. The van der Waals surface area contributed by atoms with Crippen molar-refractivity contribution in [2.45, 2.75) is 25.9 Å². The molecule has 1 aliphatic heterocycles. The van der Waals surface area contributed by atoms with Gasteiger partial charge >= 0.3 is 0 Å². The first-order valence-corrected chi connectivity index (χ1v) is 8.46. The summed E-state index contributed by atoms with van der Waals surface area (Å²) in [6.07, 6.45) is 0.144. The van der Waals surface area contributed by atoms with E-state index in [2.05, 4.69) is 21.6 Å². The van der Waals surface area contributed by atoms with Gasteiger partial charge in [0.2, 0.25) is 11.8 Å². The van der Waals surface area contributed by atoms with Crippen LogP contribution in [0.5, 0.6) is 5.75 Å². The van der Waals surface area contributed by atoms with Gasteiger partial charge in [-0.2, -0.15) is 0 Å². The molecule has 0 saturated carbocycles. The Labute approximate surface area is 148 Å². The van der Waals surface area contributed by atoms with Gasteiger partial charge in [-0.05, 0) is 24.1 Å². The highest BCUT2D eigenvalue weighted by Gasteiger charge is 2.31. The number of benzene rings is 1. The number of carbonyl (C=O) groups is 2. The number of hydrogen-bond acceptors (Lipinski definition) is 5. The molecule has 2 N–H and O–H groups in total. The minimum absolute atomic E-state index is 0.0987. The zero-order chi connectivity index (χ0) is 18.2. The van der Waals surface area contributed by atoms with E-state index < -0.39 is 6.04 Å². The zero-order valence-corrected chi connectivity index (χ0v) is 15.1. The van der Waals surface area contributed by atoms with Gasteiger partial charge < -0.3 is 20.1 Å². The molecule has 1 saturated heterocycles. The largest absolute Gasteiger partial charge is 0.496 e. The monoisotopic (exact) mass is 349 g/mol. The summed E-state index contributed by atoms with van der Waals surface area (Å²) >= 11 is 0. The van der Waals surface area contributed by atoms with Crippen LogP contribution in [0.25, 0.3) is 0 Å². The molecule has 7 heteroatoms. The van der Waals surface area contributed by atoms with Crippen molar-refractivity contribution in [2.24, 2.45) is 0 Å². The molecular formula is C18H27N3O4. The molecule has 1 heterocycles. The van der Waals surface area contributed by atoms with Gasteiger partial charge in [-0.25, -0.2) is 0 Å². The van der Waals surface area contributed by atoms with Crippen LogP contribution in [0, 0.1) is 6.92 Å². The van der Waals surface area contributed by atoms with E-state index in [4.69, 9.17) is 9.47 Å². The van der Waals surface area contributed by atoms with E-state index in [9.17, 15) is 9.59 Å². The highest BCUT2D eigenvalue weighted by Crippen LogP contribution is 2.21. The Kier molecular flexibility index (Phi) is 7.21. The van der Waals surface area contributed by atoms with E-state index in [0.29, 0.717) is 32.8 Å². The van der Waals surface area contributed by atoms with Crippen LogP contribution in [0.3, 0.4) is 0 Å². The molecule has 1 aromatic rings. The van der Waals surface area contributed by atoms with Crippen molar-refractivity contribution in [3.05, 3.63) is 29.3 Å². The summed E-state index contributed by atoms with van der Waals surface area (Å²) in [5.74, 6) is 0.600. The van der Waals surface area contributed by atoms with Gasteiger partial charge in [0.05, 0.1) is 26.2 Å². The lowest BCUT2D eigenvalue weighted by atomic mass is 10.1. The lowest BCUT2D eigenvalue weighted by Gasteiger charge is -2.34.